The highest BCUT2D eigenvalue weighted by molar-refractivity contribution is 5.91. The molecule has 2 heterocycles. The molecule has 160 valence electrons. The fourth-order valence-electron chi connectivity index (χ4n) is 3.83. The minimum atomic E-state index is -0.533. The van der Waals surface area contributed by atoms with Gasteiger partial charge in [-0.1, -0.05) is 26.0 Å². The lowest BCUT2D eigenvalue weighted by molar-refractivity contribution is -0.124. The van der Waals surface area contributed by atoms with Crippen LogP contribution in [-0.2, 0) is 10.2 Å². The van der Waals surface area contributed by atoms with Crippen molar-refractivity contribution < 1.29 is 9.53 Å². The molecule has 1 aliphatic rings. The molecule has 0 saturated heterocycles. The van der Waals surface area contributed by atoms with Gasteiger partial charge in [0.25, 0.3) is 5.56 Å². The second kappa shape index (κ2) is 8.34. The number of benzene rings is 1. The molecule has 4 rings (SSSR count). The summed E-state index contributed by atoms with van der Waals surface area (Å²) in [5.74, 6) is 1.23. The SMILES string of the molecule is COc1ccc(C2(C(=O)NC(c3cc(=O)[nH]c(-c4ccncc4)n3)C(C)C)CC2)cc1. The molecular weight excluding hydrogens is 392 g/mol. The smallest absolute Gasteiger partial charge is 0.251 e. The maximum atomic E-state index is 13.3. The van der Waals surface area contributed by atoms with Crippen molar-refractivity contribution in [2.45, 2.75) is 38.1 Å². The normalized spacial score (nSPS) is 15.4. The molecule has 0 bridgehead atoms. The Bertz CT molecular complexity index is 1120. The standard InChI is InChI=1S/C24H26N4O3/c1-15(2)21(19-14-20(29)27-22(26-19)16-8-12-25-13-9-16)28-23(30)24(10-11-24)17-4-6-18(31-3)7-5-17/h4-9,12-15,21H,10-11H2,1-3H3,(H,28,30)(H,26,27,29). The van der Waals surface area contributed by atoms with Crippen LogP contribution in [0.1, 0.15) is 44.0 Å². The number of aromatic amines is 1. The number of aromatic nitrogens is 3. The molecule has 2 N–H and O–H groups in total. The lowest BCUT2D eigenvalue weighted by atomic mass is 9.93. The molecular formula is C24H26N4O3. The maximum Gasteiger partial charge on any atom is 0.251 e. The Balaban J connectivity index is 1.62. The number of pyridine rings is 1. The fraction of sp³-hybridized carbons (Fsp3) is 0.333. The van der Waals surface area contributed by atoms with Gasteiger partial charge in [0.05, 0.1) is 24.3 Å². The number of amides is 1. The van der Waals surface area contributed by atoms with Gasteiger partial charge in [-0.3, -0.25) is 14.6 Å². The topological polar surface area (TPSA) is 97.0 Å². The Morgan fingerprint density at radius 3 is 2.39 bits per heavy atom. The van der Waals surface area contributed by atoms with Crippen LogP contribution in [0.15, 0.2) is 59.7 Å². The molecule has 7 heteroatoms. The van der Waals surface area contributed by atoms with Gasteiger partial charge < -0.3 is 15.0 Å². The number of ether oxygens (including phenoxy) is 1. The Kier molecular flexibility index (Phi) is 5.59. The van der Waals surface area contributed by atoms with E-state index in [9.17, 15) is 9.59 Å². The summed E-state index contributed by atoms with van der Waals surface area (Å²) in [5, 5.41) is 3.17. The van der Waals surface area contributed by atoms with E-state index in [2.05, 4.69) is 20.3 Å². The van der Waals surface area contributed by atoms with Crippen molar-refractivity contribution in [2.75, 3.05) is 7.11 Å². The summed E-state index contributed by atoms with van der Waals surface area (Å²) in [6.07, 6.45) is 4.88. The van der Waals surface area contributed by atoms with E-state index in [1.54, 1.807) is 31.6 Å². The van der Waals surface area contributed by atoms with Crippen LogP contribution in [0.2, 0.25) is 0 Å². The van der Waals surface area contributed by atoms with Crippen LogP contribution in [0.3, 0.4) is 0 Å². The summed E-state index contributed by atoms with van der Waals surface area (Å²) >= 11 is 0. The first kappa shape index (κ1) is 20.8. The molecule has 7 nitrogen and oxygen atoms in total. The van der Waals surface area contributed by atoms with Gasteiger partial charge in [0.1, 0.15) is 11.6 Å². The van der Waals surface area contributed by atoms with Crippen molar-refractivity contribution >= 4 is 5.91 Å². The largest absolute Gasteiger partial charge is 0.497 e. The van der Waals surface area contributed by atoms with Crippen LogP contribution < -0.4 is 15.6 Å². The lowest BCUT2D eigenvalue weighted by Crippen LogP contribution is -2.40. The van der Waals surface area contributed by atoms with Crippen LogP contribution in [0, 0.1) is 5.92 Å². The minimum Gasteiger partial charge on any atom is -0.497 e. The van der Waals surface area contributed by atoms with Crippen LogP contribution in [0.4, 0.5) is 0 Å². The third-order valence-electron chi connectivity index (χ3n) is 5.81. The van der Waals surface area contributed by atoms with Crippen molar-refractivity contribution in [3.05, 3.63) is 76.5 Å². The molecule has 2 aromatic heterocycles. The van der Waals surface area contributed by atoms with Gasteiger partial charge in [0.15, 0.2) is 0 Å². The molecule has 0 spiro atoms. The first-order valence-corrected chi connectivity index (χ1v) is 10.4. The Morgan fingerprint density at radius 1 is 1.13 bits per heavy atom. The summed E-state index contributed by atoms with van der Waals surface area (Å²) in [6.45, 7) is 4.01. The van der Waals surface area contributed by atoms with E-state index in [1.807, 2.05) is 38.1 Å². The van der Waals surface area contributed by atoms with Gasteiger partial charge in [-0.25, -0.2) is 4.98 Å². The first-order chi connectivity index (χ1) is 14.9. The number of nitrogens with zero attached hydrogens (tertiary/aromatic N) is 2. The predicted octanol–water partition coefficient (Wildman–Crippen LogP) is 3.39. The number of carbonyl (C=O) groups is 1. The van der Waals surface area contributed by atoms with Crippen molar-refractivity contribution in [1.82, 2.24) is 20.3 Å². The van der Waals surface area contributed by atoms with E-state index in [1.165, 1.54) is 6.07 Å². The number of carbonyl (C=O) groups excluding carboxylic acids is 1. The van der Waals surface area contributed by atoms with Crippen molar-refractivity contribution in [3.8, 4) is 17.1 Å². The van der Waals surface area contributed by atoms with Crippen LogP contribution in [0.5, 0.6) is 5.75 Å². The van der Waals surface area contributed by atoms with Gasteiger partial charge in [0.2, 0.25) is 5.91 Å². The van der Waals surface area contributed by atoms with Crippen molar-refractivity contribution in [3.63, 3.8) is 0 Å². The number of methoxy groups -OCH3 is 1. The zero-order valence-electron chi connectivity index (χ0n) is 17.9. The molecule has 1 aliphatic carbocycles. The summed E-state index contributed by atoms with van der Waals surface area (Å²) in [4.78, 5) is 37.1. The molecule has 1 saturated carbocycles. The summed E-state index contributed by atoms with van der Waals surface area (Å²) < 4.78 is 5.23. The highest BCUT2D eigenvalue weighted by atomic mass is 16.5. The Hall–Kier alpha value is -3.48. The van der Waals surface area contributed by atoms with E-state index in [0.29, 0.717) is 11.5 Å². The van der Waals surface area contributed by atoms with Gasteiger partial charge in [-0.05, 0) is 48.6 Å². The zero-order valence-corrected chi connectivity index (χ0v) is 17.9. The van der Waals surface area contributed by atoms with E-state index in [-0.39, 0.29) is 23.4 Å². The van der Waals surface area contributed by atoms with Gasteiger partial charge in [-0.15, -0.1) is 0 Å². The van der Waals surface area contributed by atoms with Gasteiger partial charge in [0, 0.05) is 24.0 Å². The average Bonchev–Trinajstić information content (AvgIpc) is 3.59. The molecule has 1 amide bonds. The molecule has 1 atom stereocenters. The molecule has 31 heavy (non-hydrogen) atoms. The molecule has 3 aromatic rings. The molecule has 1 aromatic carbocycles. The Morgan fingerprint density at radius 2 is 1.81 bits per heavy atom. The molecule has 0 aliphatic heterocycles. The Labute approximate surface area is 180 Å². The minimum absolute atomic E-state index is 0.0380. The second-order valence-corrected chi connectivity index (χ2v) is 8.26. The quantitative estimate of drug-likeness (QED) is 0.613. The zero-order chi connectivity index (χ0) is 22.0. The molecule has 1 unspecified atom stereocenters. The predicted molar refractivity (Wildman–Crippen MR) is 118 cm³/mol. The summed E-state index contributed by atoms with van der Waals surface area (Å²) in [7, 11) is 1.62. The summed E-state index contributed by atoms with van der Waals surface area (Å²) in [5.41, 5.74) is 1.50. The summed E-state index contributed by atoms with van der Waals surface area (Å²) in [6, 6.07) is 12.3. The second-order valence-electron chi connectivity index (χ2n) is 8.26. The monoisotopic (exact) mass is 418 g/mol. The molecule has 0 radical (unpaired) electrons. The molecule has 1 fully saturated rings. The van der Waals surface area contributed by atoms with Crippen LogP contribution >= 0.6 is 0 Å². The van der Waals surface area contributed by atoms with Crippen molar-refractivity contribution in [1.29, 1.82) is 0 Å². The van der Waals surface area contributed by atoms with E-state index in [0.717, 1.165) is 29.7 Å². The first-order valence-electron chi connectivity index (χ1n) is 10.4. The number of hydrogen-bond donors (Lipinski definition) is 2. The highest BCUT2D eigenvalue weighted by Gasteiger charge is 2.51. The van der Waals surface area contributed by atoms with E-state index < -0.39 is 5.41 Å². The number of rotatable bonds is 7. The number of hydrogen-bond acceptors (Lipinski definition) is 5. The third kappa shape index (κ3) is 4.21. The van der Waals surface area contributed by atoms with E-state index >= 15 is 0 Å². The fourth-order valence-corrected chi connectivity index (χ4v) is 3.83. The van der Waals surface area contributed by atoms with Crippen LogP contribution in [0.25, 0.3) is 11.4 Å². The maximum absolute atomic E-state index is 13.3. The highest BCUT2D eigenvalue weighted by Crippen LogP contribution is 2.49. The number of nitrogens with one attached hydrogen (secondary N) is 2. The van der Waals surface area contributed by atoms with Gasteiger partial charge in [-0.2, -0.15) is 0 Å². The van der Waals surface area contributed by atoms with Crippen molar-refractivity contribution in [2.24, 2.45) is 5.92 Å². The van der Waals surface area contributed by atoms with Crippen LogP contribution in [-0.4, -0.2) is 28.0 Å². The van der Waals surface area contributed by atoms with Gasteiger partial charge >= 0.3 is 0 Å². The lowest BCUT2D eigenvalue weighted by Gasteiger charge is -2.25. The average molecular weight is 418 g/mol. The number of H-pyrrole nitrogens is 1. The third-order valence-corrected chi connectivity index (χ3v) is 5.81. The van der Waals surface area contributed by atoms with E-state index in [4.69, 9.17) is 4.74 Å².